The number of hydrogen-bond donors (Lipinski definition) is 1. The summed E-state index contributed by atoms with van der Waals surface area (Å²) in [7, 11) is 2.14. The number of anilines is 2. The van der Waals surface area contributed by atoms with Crippen LogP contribution in [0, 0.1) is 6.57 Å². The van der Waals surface area contributed by atoms with Crippen LogP contribution in [0.15, 0.2) is 49.0 Å². The van der Waals surface area contributed by atoms with Crippen LogP contribution in [0.3, 0.4) is 0 Å². The summed E-state index contributed by atoms with van der Waals surface area (Å²) in [6.45, 7) is 13.1. The smallest absolute Gasteiger partial charge is 0.318 e. The molecule has 1 saturated heterocycles. The van der Waals surface area contributed by atoms with Crippen LogP contribution in [0.25, 0.3) is 15.6 Å². The molecule has 2 aliphatic rings. The van der Waals surface area contributed by atoms with E-state index < -0.39 is 18.5 Å². The number of nitrogens with zero attached hydrogens (tertiary/aromatic N) is 6. The number of amides is 1. The number of nitrogen functional groups attached to an aromatic ring is 1. The van der Waals surface area contributed by atoms with Crippen molar-refractivity contribution in [1.29, 1.82) is 0 Å². The standard InChI is InChI=1S/C23H26ClN5O.C9H14N2O.2H2S/c1-28-11-4-7-16(28)14-30-23-26-19-13-29(12-10-17(19)22(25)27-23)20-9-3-6-15-5-2-8-18(24)21(15)20;1-5-9(12)11(6-2)8(3)7-10-4;;/h2-3,5-6,8-9,16H,4,7,10-14H2,1H3,(H2,25,26,27);5,8H,1,6-7H2,2-3H3;2*1H2/t16-;8-;;/m01../s1/i;1D2,5D;;. The van der Waals surface area contributed by atoms with Gasteiger partial charge in [0, 0.05) is 35.8 Å². The van der Waals surface area contributed by atoms with E-state index >= 15 is 0 Å². The third kappa shape index (κ3) is 8.72. The predicted octanol–water partition coefficient (Wildman–Crippen LogP) is 5.46. The van der Waals surface area contributed by atoms with Gasteiger partial charge in [-0.2, -0.15) is 37.0 Å². The molecule has 0 saturated carbocycles. The zero-order valence-electron chi connectivity index (χ0n) is 28.4. The van der Waals surface area contributed by atoms with E-state index in [0.29, 0.717) is 37.6 Å². The maximum atomic E-state index is 11.6. The van der Waals surface area contributed by atoms with E-state index in [4.69, 9.17) is 37.7 Å². The molecule has 3 aromatic rings. The topological polar surface area (TPSA) is 92.2 Å². The Bertz CT molecular complexity index is 1600. The molecule has 9 nitrogen and oxygen atoms in total. The Hall–Kier alpha value is -3.17. The van der Waals surface area contributed by atoms with Crippen LogP contribution in [0.2, 0.25) is 5.02 Å². The van der Waals surface area contributed by atoms with E-state index in [1.807, 2.05) is 12.1 Å². The summed E-state index contributed by atoms with van der Waals surface area (Å²) in [4.78, 5) is 29.9. The first-order chi connectivity index (χ1) is 21.5. The second-order valence-electron chi connectivity index (χ2n) is 10.6. The van der Waals surface area contributed by atoms with Gasteiger partial charge in [0.1, 0.15) is 18.5 Å². The Kier molecular flexibility index (Phi) is 12.7. The number of carbonyl (C=O) groups excluding carboxylic acids is 1. The maximum Gasteiger partial charge on any atom is 0.318 e. The summed E-state index contributed by atoms with van der Waals surface area (Å²) in [5, 5.41) is 2.98. The number of benzene rings is 2. The summed E-state index contributed by atoms with van der Waals surface area (Å²) in [5.41, 5.74) is 9.36. The number of halogens is 1. The molecule has 3 heterocycles. The molecule has 5 rings (SSSR count). The Labute approximate surface area is 284 Å². The van der Waals surface area contributed by atoms with Gasteiger partial charge in [-0.15, -0.1) is 0 Å². The van der Waals surface area contributed by atoms with Crippen molar-refractivity contribution in [1.82, 2.24) is 19.8 Å². The Morgan fingerprint density at radius 2 is 2.09 bits per heavy atom. The van der Waals surface area contributed by atoms with Crippen molar-refractivity contribution >= 4 is 66.8 Å². The van der Waals surface area contributed by atoms with E-state index in [0.717, 1.165) is 58.7 Å². The lowest BCUT2D eigenvalue weighted by Crippen LogP contribution is -2.38. The molecule has 0 aliphatic carbocycles. The monoisotopic (exact) mass is 660 g/mol. The Balaban J connectivity index is 0.000000390. The van der Waals surface area contributed by atoms with E-state index in [1.54, 1.807) is 13.8 Å². The fourth-order valence-electron chi connectivity index (χ4n) is 5.56. The van der Waals surface area contributed by atoms with Gasteiger partial charge in [0.25, 0.3) is 0 Å². The lowest BCUT2D eigenvalue weighted by molar-refractivity contribution is -0.127. The van der Waals surface area contributed by atoms with E-state index in [9.17, 15) is 4.79 Å². The lowest BCUT2D eigenvalue weighted by atomic mass is 10.0. The minimum absolute atomic E-state index is 0. The molecule has 0 spiro atoms. The summed E-state index contributed by atoms with van der Waals surface area (Å²) in [5.74, 6) is -0.126. The van der Waals surface area contributed by atoms with E-state index in [2.05, 4.69) is 50.9 Å². The van der Waals surface area contributed by atoms with Crippen molar-refractivity contribution in [3.63, 3.8) is 0 Å². The van der Waals surface area contributed by atoms with Crippen LogP contribution in [0.5, 0.6) is 6.01 Å². The molecule has 44 heavy (non-hydrogen) atoms. The quantitative estimate of drug-likeness (QED) is 0.254. The summed E-state index contributed by atoms with van der Waals surface area (Å²) in [6.07, 6.45) is 3.15. The molecule has 1 aromatic heterocycles. The zero-order chi connectivity index (χ0) is 32.7. The maximum absolute atomic E-state index is 11.6. The first-order valence-electron chi connectivity index (χ1n) is 15.7. The van der Waals surface area contributed by atoms with Crippen LogP contribution in [-0.4, -0.2) is 77.6 Å². The van der Waals surface area contributed by atoms with Crippen LogP contribution in [0.4, 0.5) is 11.5 Å². The molecule has 1 fully saturated rings. The number of carbonyl (C=O) groups is 1. The summed E-state index contributed by atoms with van der Waals surface area (Å²) < 4.78 is 26.9. The van der Waals surface area contributed by atoms with Gasteiger partial charge in [0.2, 0.25) is 12.5 Å². The van der Waals surface area contributed by atoms with Crippen molar-refractivity contribution < 1.29 is 13.6 Å². The molecule has 2 aliphatic heterocycles. The van der Waals surface area contributed by atoms with Gasteiger partial charge in [-0.3, -0.25) is 4.79 Å². The van der Waals surface area contributed by atoms with Crippen molar-refractivity contribution in [3.8, 4) is 6.01 Å². The third-order valence-corrected chi connectivity index (χ3v) is 8.24. The molecule has 238 valence electrons. The third-order valence-electron chi connectivity index (χ3n) is 7.92. The second kappa shape index (κ2) is 17.4. The molecule has 0 bridgehead atoms. The predicted molar refractivity (Wildman–Crippen MR) is 191 cm³/mol. The average molecular weight is 661 g/mol. The number of hydrogen-bond acceptors (Lipinski definition) is 7. The highest BCUT2D eigenvalue weighted by Crippen LogP contribution is 2.36. The number of ether oxygens (including phenoxy) is 1. The number of nitrogens with two attached hydrogens (primary N) is 1. The van der Waals surface area contributed by atoms with Gasteiger partial charge in [-0.25, -0.2) is 6.57 Å². The fraction of sp³-hybridized carbons (Fsp3) is 0.438. The molecule has 2 atom stereocenters. The minimum Gasteiger partial charge on any atom is -0.462 e. The first kappa shape index (κ1) is 32.2. The van der Waals surface area contributed by atoms with Crippen molar-refractivity contribution in [2.24, 2.45) is 0 Å². The largest absolute Gasteiger partial charge is 0.462 e. The van der Waals surface area contributed by atoms with Crippen LogP contribution >= 0.6 is 38.6 Å². The molecular formula is C32H44ClN7O2S2. The molecular weight excluding hydrogens is 614 g/mol. The Morgan fingerprint density at radius 1 is 1.34 bits per heavy atom. The normalized spacial score (nSPS) is 17.1. The minimum atomic E-state index is -0.798. The Morgan fingerprint density at radius 3 is 2.75 bits per heavy atom. The molecule has 0 unspecified atom stereocenters. The fourth-order valence-corrected chi connectivity index (χ4v) is 5.84. The molecule has 2 N–H and O–H groups in total. The highest BCUT2D eigenvalue weighted by Gasteiger charge is 2.25. The number of aromatic nitrogens is 2. The second-order valence-corrected chi connectivity index (χ2v) is 11.0. The number of fused-ring (bicyclic) bond motifs is 2. The molecule has 1 amide bonds. The lowest BCUT2D eigenvalue weighted by Gasteiger charge is -2.31. The zero-order valence-corrected chi connectivity index (χ0v) is 28.2. The average Bonchev–Trinajstić information content (AvgIpc) is 3.44. The van der Waals surface area contributed by atoms with Crippen LogP contribution in [0.1, 0.15) is 42.1 Å². The van der Waals surface area contributed by atoms with E-state index in [-0.39, 0.29) is 39.6 Å². The van der Waals surface area contributed by atoms with Crippen LogP contribution < -0.4 is 15.4 Å². The van der Waals surface area contributed by atoms with Gasteiger partial charge in [-0.05, 0) is 70.3 Å². The van der Waals surface area contributed by atoms with Crippen LogP contribution in [-0.2, 0) is 17.8 Å². The summed E-state index contributed by atoms with van der Waals surface area (Å²) >= 11 is 6.55. The number of likely N-dealkylation sites (tertiary alicyclic amines) is 1. The van der Waals surface area contributed by atoms with Crippen molar-refractivity contribution in [2.75, 3.05) is 50.5 Å². The molecule has 12 heteroatoms. The SMILES string of the molecule is CN1CCC[C@H]1COc1nc(N)c2c(n1)CN(c1cccc3cccc(Cl)c13)CC2.S.S.[2H]C([2H])=C([2H])C(=O)N(CC)[C@H](C)C[N+]#[C-]. The van der Waals surface area contributed by atoms with Gasteiger partial charge in [-0.1, -0.05) is 42.4 Å². The van der Waals surface area contributed by atoms with Gasteiger partial charge in [0.05, 0.1) is 21.4 Å². The van der Waals surface area contributed by atoms with E-state index in [1.165, 1.54) is 11.3 Å². The summed E-state index contributed by atoms with van der Waals surface area (Å²) in [6, 6.07) is 12.2. The van der Waals surface area contributed by atoms with Crippen molar-refractivity contribution in [3.05, 3.63) is 76.7 Å². The highest BCUT2D eigenvalue weighted by atomic mass is 35.5. The molecule has 0 radical (unpaired) electrons. The number of rotatable bonds is 8. The van der Waals surface area contributed by atoms with Gasteiger partial charge in [0.15, 0.2) is 0 Å². The molecule has 2 aromatic carbocycles. The van der Waals surface area contributed by atoms with Gasteiger partial charge >= 0.3 is 6.01 Å². The highest BCUT2D eigenvalue weighted by molar-refractivity contribution is 7.59. The number of likely N-dealkylation sites (N-methyl/N-ethyl adjacent to an activating group) is 2. The van der Waals surface area contributed by atoms with Crippen molar-refractivity contribution in [2.45, 2.75) is 51.7 Å². The van der Waals surface area contributed by atoms with Gasteiger partial charge < -0.3 is 30.0 Å². The first-order valence-corrected chi connectivity index (χ1v) is 14.6.